The maximum Gasteiger partial charge on any atom is 0.130 e. The van der Waals surface area contributed by atoms with Gasteiger partial charge in [-0.2, -0.15) is 0 Å². The van der Waals surface area contributed by atoms with Crippen LogP contribution in [-0.2, 0) is 6.54 Å². The van der Waals surface area contributed by atoms with Crippen LogP contribution in [0.1, 0.15) is 32.9 Å². The number of hydrogen-bond acceptors (Lipinski definition) is 3. The highest BCUT2D eigenvalue weighted by Crippen LogP contribution is 2.26. The molecule has 3 heteroatoms. The first-order valence-electron chi connectivity index (χ1n) is 6.71. The lowest BCUT2D eigenvalue weighted by Crippen LogP contribution is -2.11. The summed E-state index contributed by atoms with van der Waals surface area (Å²) in [6.45, 7) is 7.78. The average molecular weight is 258 g/mol. The zero-order valence-corrected chi connectivity index (χ0v) is 11.9. The van der Waals surface area contributed by atoms with Crippen molar-refractivity contribution >= 4 is 10.9 Å². The number of rotatable bonds is 4. The Balaban J connectivity index is 2.25. The van der Waals surface area contributed by atoms with Gasteiger partial charge in [-0.25, -0.2) is 0 Å². The molecule has 19 heavy (non-hydrogen) atoms. The molecule has 0 fully saturated rings. The summed E-state index contributed by atoms with van der Waals surface area (Å²) < 4.78 is 5.94. The monoisotopic (exact) mass is 258 g/mol. The molecule has 1 aromatic heterocycles. The quantitative estimate of drug-likeness (QED) is 0.913. The summed E-state index contributed by atoms with van der Waals surface area (Å²) in [5.41, 5.74) is 7.77. The van der Waals surface area contributed by atoms with Gasteiger partial charge in [0.1, 0.15) is 5.75 Å². The molecule has 2 N–H and O–H groups in total. The predicted octanol–water partition coefficient (Wildman–Crippen LogP) is 3.51. The van der Waals surface area contributed by atoms with Crippen molar-refractivity contribution in [3.05, 3.63) is 36.0 Å². The first-order valence-corrected chi connectivity index (χ1v) is 6.71. The molecule has 0 aliphatic heterocycles. The average Bonchev–Trinajstić information content (AvgIpc) is 2.37. The topological polar surface area (TPSA) is 48.1 Å². The fourth-order valence-electron chi connectivity index (χ4n) is 1.89. The molecule has 0 bridgehead atoms. The lowest BCUT2D eigenvalue weighted by atomic mass is 9.93. The Morgan fingerprint density at radius 1 is 1.21 bits per heavy atom. The minimum Gasteiger partial charge on any atom is -0.493 e. The van der Waals surface area contributed by atoms with Gasteiger partial charge in [-0.3, -0.25) is 4.98 Å². The molecule has 2 rings (SSSR count). The molecule has 0 aliphatic carbocycles. The second-order valence-corrected chi connectivity index (χ2v) is 5.99. The van der Waals surface area contributed by atoms with Crippen LogP contribution in [0.25, 0.3) is 10.9 Å². The smallest absolute Gasteiger partial charge is 0.130 e. The fourth-order valence-corrected chi connectivity index (χ4v) is 1.89. The van der Waals surface area contributed by atoms with Crippen molar-refractivity contribution in [2.45, 2.75) is 33.7 Å². The van der Waals surface area contributed by atoms with Crippen LogP contribution in [0.3, 0.4) is 0 Å². The van der Waals surface area contributed by atoms with E-state index in [9.17, 15) is 0 Å². The Kier molecular flexibility index (Phi) is 4.05. The Morgan fingerprint density at radius 2 is 1.95 bits per heavy atom. The third kappa shape index (κ3) is 3.67. The summed E-state index contributed by atoms with van der Waals surface area (Å²) >= 11 is 0. The molecule has 0 amide bonds. The molecule has 0 spiro atoms. The van der Waals surface area contributed by atoms with Crippen molar-refractivity contribution < 1.29 is 4.74 Å². The number of pyridine rings is 1. The summed E-state index contributed by atoms with van der Waals surface area (Å²) in [4.78, 5) is 4.51. The number of ether oxygens (including phenoxy) is 1. The minimum absolute atomic E-state index is 0.277. The van der Waals surface area contributed by atoms with Crippen molar-refractivity contribution in [3.63, 3.8) is 0 Å². The van der Waals surface area contributed by atoms with E-state index >= 15 is 0 Å². The fraction of sp³-hybridized carbons (Fsp3) is 0.438. The Bertz CT molecular complexity index is 558. The lowest BCUT2D eigenvalue weighted by Gasteiger charge is -2.18. The van der Waals surface area contributed by atoms with Crippen LogP contribution in [-0.4, -0.2) is 11.6 Å². The van der Waals surface area contributed by atoms with Crippen LogP contribution in [0, 0.1) is 5.41 Å². The number of aromatic nitrogens is 1. The molecule has 102 valence electrons. The number of nitrogens with two attached hydrogens (primary N) is 1. The standard InChI is InChI=1S/C16H22N2O/c1-16(2,3)8-9-19-15-10-12(11-17)18-14-7-5-4-6-13(14)15/h4-7,10H,8-9,11,17H2,1-3H3. The van der Waals surface area contributed by atoms with E-state index in [0.717, 1.165) is 28.8 Å². The largest absolute Gasteiger partial charge is 0.493 e. The van der Waals surface area contributed by atoms with E-state index in [4.69, 9.17) is 10.5 Å². The van der Waals surface area contributed by atoms with Gasteiger partial charge in [-0.15, -0.1) is 0 Å². The van der Waals surface area contributed by atoms with Crippen LogP contribution >= 0.6 is 0 Å². The zero-order chi connectivity index (χ0) is 13.9. The summed E-state index contributed by atoms with van der Waals surface area (Å²) in [7, 11) is 0. The number of benzene rings is 1. The number of hydrogen-bond donors (Lipinski definition) is 1. The molecule has 0 aliphatic rings. The van der Waals surface area contributed by atoms with Gasteiger partial charge in [0.05, 0.1) is 17.8 Å². The SMILES string of the molecule is CC(C)(C)CCOc1cc(CN)nc2ccccc12. The van der Waals surface area contributed by atoms with Gasteiger partial charge in [0.2, 0.25) is 0 Å². The Morgan fingerprint density at radius 3 is 2.63 bits per heavy atom. The van der Waals surface area contributed by atoms with Gasteiger partial charge in [0.15, 0.2) is 0 Å². The molecular formula is C16H22N2O. The summed E-state index contributed by atoms with van der Waals surface area (Å²) in [6, 6.07) is 9.96. The molecule has 0 unspecified atom stereocenters. The lowest BCUT2D eigenvalue weighted by molar-refractivity contribution is 0.245. The highest BCUT2D eigenvalue weighted by molar-refractivity contribution is 5.85. The molecule has 1 aromatic carbocycles. The third-order valence-electron chi connectivity index (χ3n) is 3.05. The molecule has 0 radical (unpaired) electrons. The Labute approximate surface area is 114 Å². The molecule has 1 heterocycles. The maximum absolute atomic E-state index is 5.94. The molecule has 2 aromatic rings. The van der Waals surface area contributed by atoms with E-state index < -0.39 is 0 Å². The van der Waals surface area contributed by atoms with E-state index in [2.05, 4.69) is 25.8 Å². The first-order chi connectivity index (χ1) is 8.99. The van der Waals surface area contributed by atoms with Gasteiger partial charge in [0, 0.05) is 18.0 Å². The van der Waals surface area contributed by atoms with Crippen molar-refractivity contribution in [1.29, 1.82) is 0 Å². The zero-order valence-electron chi connectivity index (χ0n) is 11.9. The van der Waals surface area contributed by atoms with E-state index in [1.165, 1.54) is 0 Å². The van der Waals surface area contributed by atoms with Crippen molar-refractivity contribution in [1.82, 2.24) is 4.98 Å². The maximum atomic E-state index is 5.94. The van der Waals surface area contributed by atoms with Crippen molar-refractivity contribution in [2.24, 2.45) is 11.1 Å². The van der Waals surface area contributed by atoms with Gasteiger partial charge in [0.25, 0.3) is 0 Å². The Hall–Kier alpha value is -1.61. The molecular weight excluding hydrogens is 236 g/mol. The summed E-state index contributed by atoms with van der Waals surface area (Å²) in [5, 5.41) is 1.05. The highest BCUT2D eigenvalue weighted by Gasteiger charge is 2.11. The first kappa shape index (κ1) is 13.8. The highest BCUT2D eigenvalue weighted by atomic mass is 16.5. The number of para-hydroxylation sites is 1. The predicted molar refractivity (Wildman–Crippen MR) is 79.2 cm³/mol. The number of nitrogens with zero attached hydrogens (tertiary/aromatic N) is 1. The molecule has 0 atom stereocenters. The van der Waals surface area contributed by atoms with Crippen LogP contribution in [0.15, 0.2) is 30.3 Å². The van der Waals surface area contributed by atoms with Crippen LogP contribution < -0.4 is 10.5 Å². The second kappa shape index (κ2) is 5.57. The van der Waals surface area contributed by atoms with Gasteiger partial charge in [-0.05, 0) is 24.0 Å². The summed E-state index contributed by atoms with van der Waals surface area (Å²) in [6.07, 6.45) is 1.02. The van der Waals surface area contributed by atoms with Crippen molar-refractivity contribution in [3.8, 4) is 5.75 Å². The molecule has 0 saturated heterocycles. The second-order valence-electron chi connectivity index (χ2n) is 5.99. The van der Waals surface area contributed by atoms with Crippen molar-refractivity contribution in [2.75, 3.05) is 6.61 Å². The van der Waals surface area contributed by atoms with E-state index in [1.807, 2.05) is 30.3 Å². The van der Waals surface area contributed by atoms with Crippen LogP contribution in [0.4, 0.5) is 0 Å². The van der Waals surface area contributed by atoms with Crippen LogP contribution in [0.5, 0.6) is 5.75 Å². The van der Waals surface area contributed by atoms with Crippen LogP contribution in [0.2, 0.25) is 0 Å². The normalized spacial score (nSPS) is 11.8. The van der Waals surface area contributed by atoms with E-state index in [1.54, 1.807) is 0 Å². The van der Waals surface area contributed by atoms with Gasteiger partial charge >= 0.3 is 0 Å². The van der Waals surface area contributed by atoms with E-state index in [-0.39, 0.29) is 5.41 Å². The number of fused-ring (bicyclic) bond motifs is 1. The summed E-state index contributed by atoms with van der Waals surface area (Å²) in [5.74, 6) is 0.885. The van der Waals surface area contributed by atoms with Gasteiger partial charge < -0.3 is 10.5 Å². The third-order valence-corrected chi connectivity index (χ3v) is 3.05. The minimum atomic E-state index is 0.277. The molecule has 3 nitrogen and oxygen atoms in total. The molecule has 0 saturated carbocycles. The van der Waals surface area contributed by atoms with Gasteiger partial charge in [-0.1, -0.05) is 32.9 Å². The van der Waals surface area contributed by atoms with E-state index in [0.29, 0.717) is 13.2 Å².